The molecule has 0 saturated carbocycles. The maximum absolute atomic E-state index is 11.2. The first-order valence-corrected chi connectivity index (χ1v) is 6.70. The summed E-state index contributed by atoms with van der Waals surface area (Å²) in [4.78, 5) is 0. The van der Waals surface area contributed by atoms with E-state index in [1.54, 1.807) is 6.92 Å². The average molecular weight is 207 g/mol. The van der Waals surface area contributed by atoms with Gasteiger partial charge in [-0.25, -0.2) is 8.42 Å². The van der Waals surface area contributed by atoms with Crippen LogP contribution in [0, 0.1) is 5.92 Å². The summed E-state index contributed by atoms with van der Waals surface area (Å²) in [5.41, 5.74) is 5.85. The minimum atomic E-state index is -2.99. The smallest absolute Gasteiger partial charge is 0.151 e. The monoisotopic (exact) mass is 207 g/mol. The van der Waals surface area contributed by atoms with Gasteiger partial charge in [-0.1, -0.05) is 20.3 Å². The number of sulfone groups is 1. The highest BCUT2D eigenvalue weighted by Crippen LogP contribution is 2.15. The van der Waals surface area contributed by atoms with Gasteiger partial charge in [0.15, 0.2) is 9.84 Å². The molecule has 0 aromatic rings. The zero-order valence-corrected chi connectivity index (χ0v) is 9.76. The van der Waals surface area contributed by atoms with Gasteiger partial charge in [-0.3, -0.25) is 0 Å². The highest BCUT2D eigenvalue weighted by molar-refractivity contribution is 7.91. The third kappa shape index (κ3) is 4.09. The zero-order chi connectivity index (χ0) is 10.6. The summed E-state index contributed by atoms with van der Waals surface area (Å²) >= 11 is 0. The molecule has 80 valence electrons. The van der Waals surface area contributed by atoms with E-state index in [1.165, 1.54) is 6.26 Å². The normalized spacial score (nSPS) is 19.5. The summed E-state index contributed by atoms with van der Waals surface area (Å²) in [6.45, 7) is 5.77. The van der Waals surface area contributed by atoms with Crippen molar-refractivity contribution < 1.29 is 8.42 Å². The van der Waals surface area contributed by atoms with Crippen LogP contribution in [0.3, 0.4) is 0 Å². The van der Waals surface area contributed by atoms with Crippen LogP contribution in [0.4, 0.5) is 0 Å². The fourth-order valence-corrected chi connectivity index (χ4v) is 2.23. The molecule has 0 rings (SSSR count). The molecule has 13 heavy (non-hydrogen) atoms. The Kier molecular flexibility index (Phi) is 4.92. The lowest BCUT2D eigenvalue weighted by Crippen LogP contribution is -2.42. The van der Waals surface area contributed by atoms with E-state index in [9.17, 15) is 8.42 Å². The third-order valence-corrected chi connectivity index (χ3v) is 4.28. The van der Waals surface area contributed by atoms with Gasteiger partial charge in [-0.15, -0.1) is 0 Å². The lowest BCUT2D eigenvalue weighted by Gasteiger charge is -2.24. The minimum absolute atomic E-state index is 0.241. The standard InChI is InChI=1S/C9H21NO2S/c1-5-6-7(2)9(10)8(3)13(4,11)12/h7-9H,5-6,10H2,1-4H3. The van der Waals surface area contributed by atoms with Crippen LogP contribution in [-0.4, -0.2) is 26.0 Å². The van der Waals surface area contributed by atoms with Gasteiger partial charge < -0.3 is 5.73 Å². The van der Waals surface area contributed by atoms with Crippen molar-refractivity contribution in [2.75, 3.05) is 6.26 Å². The van der Waals surface area contributed by atoms with E-state index in [2.05, 4.69) is 6.92 Å². The van der Waals surface area contributed by atoms with Gasteiger partial charge >= 0.3 is 0 Å². The van der Waals surface area contributed by atoms with E-state index in [1.807, 2.05) is 6.92 Å². The fourth-order valence-electron chi connectivity index (χ4n) is 1.40. The first-order valence-electron chi connectivity index (χ1n) is 4.75. The largest absolute Gasteiger partial charge is 0.326 e. The molecule has 3 unspecified atom stereocenters. The van der Waals surface area contributed by atoms with Crippen molar-refractivity contribution in [2.24, 2.45) is 11.7 Å². The van der Waals surface area contributed by atoms with Crippen molar-refractivity contribution in [2.45, 2.75) is 44.9 Å². The Labute approximate surface area is 81.6 Å². The summed E-state index contributed by atoms with van der Waals surface area (Å²) in [5.74, 6) is 0.273. The predicted octanol–water partition coefficient (Wildman–Crippen LogP) is 1.18. The molecular formula is C9H21NO2S. The highest BCUT2D eigenvalue weighted by Gasteiger charge is 2.26. The molecule has 0 aliphatic rings. The van der Waals surface area contributed by atoms with E-state index in [0.29, 0.717) is 0 Å². The Balaban J connectivity index is 4.34. The molecule has 0 amide bonds. The lowest BCUT2D eigenvalue weighted by molar-refractivity contribution is 0.410. The molecule has 0 aromatic heterocycles. The van der Waals surface area contributed by atoms with Crippen LogP contribution in [0.15, 0.2) is 0 Å². The number of rotatable bonds is 5. The summed E-state index contributed by atoms with van der Waals surface area (Å²) in [7, 11) is -2.99. The second-order valence-corrected chi connectivity index (χ2v) is 6.28. The molecule has 0 aliphatic heterocycles. The van der Waals surface area contributed by atoms with E-state index in [4.69, 9.17) is 5.73 Å². The molecule has 0 spiro atoms. The molecule has 3 atom stereocenters. The molecule has 0 fully saturated rings. The van der Waals surface area contributed by atoms with Crippen LogP contribution in [0.5, 0.6) is 0 Å². The molecule has 0 aromatic carbocycles. The highest BCUT2D eigenvalue weighted by atomic mass is 32.2. The van der Waals surface area contributed by atoms with E-state index in [0.717, 1.165) is 12.8 Å². The summed E-state index contributed by atoms with van der Waals surface area (Å²) in [5, 5.41) is -0.436. The number of nitrogens with two attached hydrogens (primary N) is 1. The lowest BCUT2D eigenvalue weighted by atomic mass is 9.96. The van der Waals surface area contributed by atoms with E-state index in [-0.39, 0.29) is 12.0 Å². The van der Waals surface area contributed by atoms with Crippen molar-refractivity contribution in [1.29, 1.82) is 0 Å². The topological polar surface area (TPSA) is 60.2 Å². The molecule has 3 nitrogen and oxygen atoms in total. The molecule has 4 heteroatoms. The Bertz CT molecular complexity index is 236. The number of hydrogen-bond donors (Lipinski definition) is 1. The SMILES string of the molecule is CCCC(C)C(N)C(C)S(C)(=O)=O. The maximum Gasteiger partial charge on any atom is 0.151 e. The molecule has 0 heterocycles. The molecule has 0 bridgehead atoms. The van der Waals surface area contributed by atoms with Gasteiger partial charge in [0.2, 0.25) is 0 Å². The van der Waals surface area contributed by atoms with Gasteiger partial charge in [0.25, 0.3) is 0 Å². The molecule has 2 N–H and O–H groups in total. The van der Waals surface area contributed by atoms with Gasteiger partial charge in [-0.2, -0.15) is 0 Å². The van der Waals surface area contributed by atoms with E-state index < -0.39 is 15.1 Å². The van der Waals surface area contributed by atoms with Crippen LogP contribution in [0.1, 0.15) is 33.6 Å². The van der Waals surface area contributed by atoms with Gasteiger partial charge in [0, 0.05) is 12.3 Å². The second-order valence-electron chi connectivity index (χ2n) is 3.88. The third-order valence-electron chi connectivity index (χ3n) is 2.62. The van der Waals surface area contributed by atoms with Gasteiger partial charge in [-0.05, 0) is 19.3 Å². The second kappa shape index (κ2) is 4.96. The molecule has 0 saturated heterocycles. The Morgan fingerprint density at radius 1 is 1.31 bits per heavy atom. The Morgan fingerprint density at radius 2 is 1.77 bits per heavy atom. The zero-order valence-electron chi connectivity index (χ0n) is 8.95. The first kappa shape index (κ1) is 12.9. The quantitative estimate of drug-likeness (QED) is 0.736. The minimum Gasteiger partial charge on any atom is -0.326 e. The first-order chi connectivity index (χ1) is 5.80. The Morgan fingerprint density at radius 3 is 2.08 bits per heavy atom. The maximum atomic E-state index is 11.2. The van der Waals surface area contributed by atoms with Gasteiger partial charge in [0.05, 0.1) is 5.25 Å². The van der Waals surface area contributed by atoms with Crippen molar-refractivity contribution in [3.8, 4) is 0 Å². The van der Waals surface area contributed by atoms with Crippen molar-refractivity contribution >= 4 is 9.84 Å². The van der Waals surface area contributed by atoms with Crippen LogP contribution in [0.25, 0.3) is 0 Å². The molecule has 0 aliphatic carbocycles. The van der Waals surface area contributed by atoms with Crippen LogP contribution in [0.2, 0.25) is 0 Å². The van der Waals surface area contributed by atoms with Crippen molar-refractivity contribution in [3.63, 3.8) is 0 Å². The van der Waals surface area contributed by atoms with Crippen LogP contribution >= 0.6 is 0 Å². The summed E-state index contributed by atoms with van der Waals surface area (Å²) < 4.78 is 22.4. The van der Waals surface area contributed by atoms with E-state index >= 15 is 0 Å². The van der Waals surface area contributed by atoms with Gasteiger partial charge in [0.1, 0.15) is 0 Å². The summed E-state index contributed by atoms with van der Waals surface area (Å²) in [6.07, 6.45) is 3.28. The van der Waals surface area contributed by atoms with Crippen molar-refractivity contribution in [1.82, 2.24) is 0 Å². The van der Waals surface area contributed by atoms with Crippen LogP contribution in [-0.2, 0) is 9.84 Å². The average Bonchev–Trinajstić information content (AvgIpc) is 2.00. The van der Waals surface area contributed by atoms with Crippen molar-refractivity contribution in [3.05, 3.63) is 0 Å². The number of hydrogen-bond acceptors (Lipinski definition) is 3. The summed E-state index contributed by atoms with van der Waals surface area (Å²) in [6, 6.07) is -0.241. The van der Waals surface area contributed by atoms with Crippen LogP contribution < -0.4 is 5.73 Å². The Hall–Kier alpha value is -0.0900. The fraction of sp³-hybridized carbons (Fsp3) is 1.00. The molecule has 0 radical (unpaired) electrons. The predicted molar refractivity (Wildman–Crippen MR) is 56.4 cm³/mol. The molecular weight excluding hydrogens is 186 g/mol.